The van der Waals surface area contributed by atoms with E-state index in [-0.39, 0.29) is 24.3 Å². The lowest BCUT2D eigenvalue weighted by Gasteiger charge is -2.10. The standard InChI is InChI=1S/C16H16ClN5O3/c1-20-9-19-14-13(20)15(24)22(16(25)21(14)2)8-12(23)18-7-10-5-3-4-6-11(10)17/h3-6,9H,7-8H2,1-2H3,(H,18,23). The Bertz CT molecular complexity index is 1080. The molecule has 130 valence electrons. The third-order valence-corrected chi connectivity index (χ3v) is 4.31. The SMILES string of the molecule is Cn1cnc2c1c(=O)n(CC(=O)NCc1ccccc1Cl)c(=O)n2C. The average Bonchev–Trinajstić information content (AvgIpc) is 2.98. The van der Waals surface area contributed by atoms with Crippen molar-refractivity contribution < 1.29 is 4.79 Å². The summed E-state index contributed by atoms with van der Waals surface area (Å²) >= 11 is 6.04. The first-order valence-electron chi connectivity index (χ1n) is 7.51. The van der Waals surface area contributed by atoms with Gasteiger partial charge in [-0.1, -0.05) is 29.8 Å². The van der Waals surface area contributed by atoms with E-state index >= 15 is 0 Å². The van der Waals surface area contributed by atoms with Gasteiger partial charge in [0.15, 0.2) is 11.2 Å². The molecule has 3 rings (SSSR count). The van der Waals surface area contributed by atoms with Crippen LogP contribution < -0.4 is 16.6 Å². The van der Waals surface area contributed by atoms with Gasteiger partial charge in [-0.25, -0.2) is 14.3 Å². The maximum atomic E-state index is 12.5. The number of aromatic nitrogens is 4. The number of nitrogens with one attached hydrogen (secondary N) is 1. The number of halogens is 1. The highest BCUT2D eigenvalue weighted by molar-refractivity contribution is 6.31. The quantitative estimate of drug-likeness (QED) is 0.728. The summed E-state index contributed by atoms with van der Waals surface area (Å²) in [6, 6.07) is 7.11. The molecule has 0 saturated carbocycles. The van der Waals surface area contributed by atoms with Crippen molar-refractivity contribution in [3.05, 3.63) is 62.0 Å². The van der Waals surface area contributed by atoms with Crippen LogP contribution in [0, 0.1) is 0 Å². The van der Waals surface area contributed by atoms with Gasteiger partial charge in [-0.3, -0.25) is 14.2 Å². The molecule has 0 bridgehead atoms. The van der Waals surface area contributed by atoms with Gasteiger partial charge in [-0.05, 0) is 11.6 Å². The van der Waals surface area contributed by atoms with Gasteiger partial charge in [0.25, 0.3) is 5.56 Å². The monoisotopic (exact) mass is 361 g/mol. The zero-order chi connectivity index (χ0) is 18.1. The lowest BCUT2D eigenvalue weighted by Crippen LogP contribution is -2.43. The van der Waals surface area contributed by atoms with E-state index in [0.717, 1.165) is 10.1 Å². The summed E-state index contributed by atoms with van der Waals surface area (Å²) in [4.78, 5) is 41.1. The van der Waals surface area contributed by atoms with E-state index in [2.05, 4.69) is 10.3 Å². The van der Waals surface area contributed by atoms with Crippen LogP contribution in [0.1, 0.15) is 5.56 Å². The van der Waals surface area contributed by atoms with Gasteiger partial charge in [0.2, 0.25) is 5.91 Å². The molecule has 2 aromatic heterocycles. The van der Waals surface area contributed by atoms with E-state index in [9.17, 15) is 14.4 Å². The van der Waals surface area contributed by atoms with E-state index in [0.29, 0.717) is 5.02 Å². The minimum Gasteiger partial charge on any atom is -0.350 e. The van der Waals surface area contributed by atoms with Crippen molar-refractivity contribution in [2.24, 2.45) is 14.1 Å². The molecule has 0 saturated heterocycles. The van der Waals surface area contributed by atoms with Crippen LogP contribution in [0.4, 0.5) is 0 Å². The molecule has 0 atom stereocenters. The van der Waals surface area contributed by atoms with Crippen molar-refractivity contribution >= 4 is 28.7 Å². The molecule has 8 nitrogen and oxygen atoms in total. The van der Waals surface area contributed by atoms with Crippen LogP contribution in [0.15, 0.2) is 40.2 Å². The van der Waals surface area contributed by atoms with Gasteiger partial charge in [0, 0.05) is 25.7 Å². The highest BCUT2D eigenvalue weighted by Crippen LogP contribution is 2.14. The number of nitrogens with zero attached hydrogens (tertiary/aromatic N) is 4. The predicted octanol–water partition coefficient (Wildman–Crippen LogP) is 0.403. The summed E-state index contributed by atoms with van der Waals surface area (Å²) in [5.74, 6) is -0.458. The minimum absolute atomic E-state index is 0.210. The maximum Gasteiger partial charge on any atom is 0.332 e. The van der Waals surface area contributed by atoms with Gasteiger partial charge in [0.1, 0.15) is 6.54 Å². The highest BCUT2D eigenvalue weighted by Gasteiger charge is 2.16. The second-order valence-electron chi connectivity index (χ2n) is 5.63. The Morgan fingerprint density at radius 2 is 1.96 bits per heavy atom. The van der Waals surface area contributed by atoms with Gasteiger partial charge in [0.05, 0.1) is 6.33 Å². The molecule has 1 amide bonds. The fraction of sp³-hybridized carbons (Fsp3) is 0.250. The third-order valence-electron chi connectivity index (χ3n) is 3.94. The predicted molar refractivity (Wildman–Crippen MR) is 93.5 cm³/mol. The summed E-state index contributed by atoms with van der Waals surface area (Å²) in [6.07, 6.45) is 1.45. The Morgan fingerprint density at radius 1 is 1.24 bits per heavy atom. The van der Waals surface area contributed by atoms with Crippen molar-refractivity contribution in [3.63, 3.8) is 0 Å². The van der Waals surface area contributed by atoms with Gasteiger partial charge in [-0.15, -0.1) is 0 Å². The van der Waals surface area contributed by atoms with E-state index in [1.165, 1.54) is 22.5 Å². The molecule has 1 N–H and O–H groups in total. The number of carbonyl (C=O) groups excluding carboxylic acids is 1. The van der Waals surface area contributed by atoms with Crippen LogP contribution in [0.5, 0.6) is 0 Å². The molecule has 9 heteroatoms. The average molecular weight is 362 g/mol. The Balaban J connectivity index is 1.87. The van der Waals surface area contributed by atoms with Crippen molar-refractivity contribution in [3.8, 4) is 0 Å². The topological polar surface area (TPSA) is 90.9 Å². The first kappa shape index (κ1) is 17.0. The second kappa shape index (κ2) is 6.56. The van der Waals surface area contributed by atoms with Crippen molar-refractivity contribution in [2.75, 3.05) is 0 Å². The van der Waals surface area contributed by atoms with E-state index < -0.39 is 17.2 Å². The summed E-state index contributed by atoms with van der Waals surface area (Å²) in [5, 5.41) is 3.20. The first-order chi connectivity index (χ1) is 11.9. The summed E-state index contributed by atoms with van der Waals surface area (Å²) in [5.41, 5.74) is 0.154. The molecular formula is C16H16ClN5O3. The highest BCUT2D eigenvalue weighted by atomic mass is 35.5. The second-order valence-corrected chi connectivity index (χ2v) is 6.04. The number of aryl methyl sites for hydroxylation is 2. The lowest BCUT2D eigenvalue weighted by molar-refractivity contribution is -0.121. The fourth-order valence-electron chi connectivity index (χ4n) is 2.57. The molecule has 0 aliphatic rings. The van der Waals surface area contributed by atoms with Gasteiger partial charge < -0.3 is 9.88 Å². The fourth-order valence-corrected chi connectivity index (χ4v) is 2.77. The lowest BCUT2D eigenvalue weighted by atomic mass is 10.2. The molecule has 0 radical (unpaired) electrons. The zero-order valence-corrected chi connectivity index (χ0v) is 14.4. The Hall–Kier alpha value is -2.87. The molecule has 1 aromatic carbocycles. The van der Waals surface area contributed by atoms with Crippen LogP contribution in [-0.4, -0.2) is 24.6 Å². The van der Waals surface area contributed by atoms with Crippen LogP contribution >= 0.6 is 11.6 Å². The molecule has 25 heavy (non-hydrogen) atoms. The Labute approximate surface area is 147 Å². The number of benzene rings is 1. The van der Waals surface area contributed by atoms with Crippen molar-refractivity contribution in [1.29, 1.82) is 0 Å². The maximum absolute atomic E-state index is 12.5. The van der Waals surface area contributed by atoms with E-state index in [1.807, 2.05) is 6.07 Å². The van der Waals surface area contributed by atoms with Crippen LogP contribution in [0.25, 0.3) is 11.2 Å². The number of rotatable bonds is 4. The molecule has 3 aromatic rings. The summed E-state index contributed by atoms with van der Waals surface area (Å²) < 4.78 is 3.67. The summed E-state index contributed by atoms with van der Waals surface area (Å²) in [7, 11) is 3.16. The van der Waals surface area contributed by atoms with Gasteiger partial charge >= 0.3 is 5.69 Å². The molecule has 0 aliphatic heterocycles. The van der Waals surface area contributed by atoms with Crippen LogP contribution in [0.3, 0.4) is 0 Å². The molecule has 0 spiro atoms. The molecule has 2 heterocycles. The number of hydrogen-bond acceptors (Lipinski definition) is 4. The number of hydrogen-bond donors (Lipinski definition) is 1. The number of carbonyl (C=O) groups is 1. The molecule has 0 fully saturated rings. The zero-order valence-electron chi connectivity index (χ0n) is 13.7. The largest absolute Gasteiger partial charge is 0.350 e. The molecule has 0 aliphatic carbocycles. The molecule has 0 unspecified atom stereocenters. The van der Waals surface area contributed by atoms with E-state index in [1.54, 1.807) is 25.2 Å². The van der Waals surface area contributed by atoms with Crippen LogP contribution in [0.2, 0.25) is 5.02 Å². The summed E-state index contributed by atoms with van der Waals surface area (Å²) in [6.45, 7) is -0.168. The third kappa shape index (κ3) is 3.08. The number of fused-ring (bicyclic) bond motifs is 1. The number of amides is 1. The van der Waals surface area contributed by atoms with Crippen molar-refractivity contribution in [2.45, 2.75) is 13.1 Å². The number of imidazole rings is 1. The molecular weight excluding hydrogens is 346 g/mol. The smallest absolute Gasteiger partial charge is 0.332 e. The van der Waals surface area contributed by atoms with Crippen molar-refractivity contribution in [1.82, 2.24) is 24.0 Å². The van der Waals surface area contributed by atoms with E-state index in [4.69, 9.17) is 11.6 Å². The normalized spacial score (nSPS) is 11.0. The van der Waals surface area contributed by atoms with Crippen LogP contribution in [-0.2, 0) is 32.0 Å². The first-order valence-corrected chi connectivity index (χ1v) is 7.89. The Morgan fingerprint density at radius 3 is 2.68 bits per heavy atom. The minimum atomic E-state index is -0.593. The van der Waals surface area contributed by atoms with Gasteiger partial charge in [-0.2, -0.15) is 0 Å². The Kier molecular flexibility index (Phi) is 4.45.